The number of hydrogen-bond acceptors (Lipinski definition) is 4. The van der Waals surface area contributed by atoms with Crippen molar-refractivity contribution in [1.29, 1.82) is 5.26 Å². The van der Waals surface area contributed by atoms with Gasteiger partial charge in [0.1, 0.15) is 11.8 Å². The van der Waals surface area contributed by atoms with Crippen LogP contribution >= 0.6 is 0 Å². The number of benzene rings is 1. The molecular weight excluding hydrogens is 226 g/mol. The van der Waals surface area contributed by atoms with E-state index in [0.717, 1.165) is 16.7 Å². The second-order valence-electron chi connectivity index (χ2n) is 4.13. The number of aromatic nitrogens is 2. The molecule has 0 amide bonds. The topological polar surface area (TPSA) is 58.8 Å². The minimum Gasteiger partial charge on any atom is -0.436 e. The standard InChI is InChI=1S/C14H13N3O/c1-9-6-10(2)11(3)13(7-9)18-14-12(8-15)16-4-5-17-14/h4-7H,1-3H3. The van der Waals surface area contributed by atoms with Crippen molar-refractivity contribution in [3.05, 3.63) is 46.9 Å². The summed E-state index contributed by atoms with van der Waals surface area (Å²) in [6.45, 7) is 6.00. The fourth-order valence-corrected chi connectivity index (χ4v) is 1.69. The average molecular weight is 239 g/mol. The van der Waals surface area contributed by atoms with E-state index >= 15 is 0 Å². The van der Waals surface area contributed by atoms with Crippen LogP contribution in [0.3, 0.4) is 0 Å². The van der Waals surface area contributed by atoms with E-state index in [1.54, 1.807) is 0 Å². The van der Waals surface area contributed by atoms with E-state index in [2.05, 4.69) is 16.0 Å². The van der Waals surface area contributed by atoms with Gasteiger partial charge in [0.25, 0.3) is 5.88 Å². The van der Waals surface area contributed by atoms with Gasteiger partial charge in [0.05, 0.1) is 0 Å². The van der Waals surface area contributed by atoms with Crippen LogP contribution in [0.25, 0.3) is 0 Å². The molecule has 0 spiro atoms. The lowest BCUT2D eigenvalue weighted by atomic mass is 10.1. The summed E-state index contributed by atoms with van der Waals surface area (Å²) in [6, 6.07) is 5.98. The Labute approximate surface area is 106 Å². The molecule has 0 fully saturated rings. The van der Waals surface area contributed by atoms with Crippen molar-refractivity contribution < 1.29 is 4.74 Å². The molecule has 0 N–H and O–H groups in total. The zero-order chi connectivity index (χ0) is 13.1. The van der Waals surface area contributed by atoms with Crippen molar-refractivity contribution in [2.75, 3.05) is 0 Å². The SMILES string of the molecule is Cc1cc(C)c(C)c(Oc2nccnc2C#N)c1. The lowest BCUT2D eigenvalue weighted by Crippen LogP contribution is -1.97. The molecule has 1 aromatic carbocycles. The summed E-state index contributed by atoms with van der Waals surface area (Å²) in [4.78, 5) is 7.96. The van der Waals surface area contributed by atoms with E-state index < -0.39 is 0 Å². The fraction of sp³-hybridized carbons (Fsp3) is 0.214. The van der Waals surface area contributed by atoms with E-state index in [4.69, 9.17) is 10.00 Å². The van der Waals surface area contributed by atoms with Crippen LogP contribution < -0.4 is 4.74 Å². The molecule has 0 saturated heterocycles. The molecule has 18 heavy (non-hydrogen) atoms. The Morgan fingerprint density at radius 1 is 1.11 bits per heavy atom. The molecule has 0 unspecified atom stereocenters. The van der Waals surface area contributed by atoms with Crippen LogP contribution in [0.4, 0.5) is 0 Å². The van der Waals surface area contributed by atoms with Crippen molar-refractivity contribution in [2.24, 2.45) is 0 Å². The number of aryl methyl sites for hydroxylation is 2. The van der Waals surface area contributed by atoms with Crippen molar-refractivity contribution >= 4 is 0 Å². The molecular formula is C14H13N3O. The van der Waals surface area contributed by atoms with Crippen LogP contribution in [0, 0.1) is 32.1 Å². The zero-order valence-corrected chi connectivity index (χ0v) is 10.6. The van der Waals surface area contributed by atoms with Gasteiger partial charge in [0.15, 0.2) is 0 Å². The highest BCUT2D eigenvalue weighted by Gasteiger charge is 2.10. The molecule has 0 aliphatic carbocycles. The van der Waals surface area contributed by atoms with Gasteiger partial charge in [-0.1, -0.05) is 6.07 Å². The summed E-state index contributed by atoms with van der Waals surface area (Å²) >= 11 is 0. The van der Waals surface area contributed by atoms with Crippen molar-refractivity contribution in [3.8, 4) is 17.7 Å². The highest BCUT2D eigenvalue weighted by atomic mass is 16.5. The number of nitrogens with zero attached hydrogens (tertiary/aromatic N) is 3. The van der Waals surface area contributed by atoms with E-state index in [0.29, 0.717) is 5.75 Å². The Kier molecular flexibility index (Phi) is 3.24. The molecule has 4 nitrogen and oxygen atoms in total. The average Bonchev–Trinajstić information content (AvgIpc) is 2.36. The van der Waals surface area contributed by atoms with Crippen molar-refractivity contribution in [1.82, 2.24) is 9.97 Å². The van der Waals surface area contributed by atoms with Crippen molar-refractivity contribution in [3.63, 3.8) is 0 Å². The Hall–Kier alpha value is -2.41. The highest BCUT2D eigenvalue weighted by Crippen LogP contribution is 2.28. The summed E-state index contributed by atoms with van der Waals surface area (Å²) in [5.41, 5.74) is 3.48. The van der Waals surface area contributed by atoms with Gasteiger partial charge >= 0.3 is 0 Å². The highest BCUT2D eigenvalue weighted by molar-refractivity contribution is 5.44. The quantitative estimate of drug-likeness (QED) is 0.808. The second-order valence-corrected chi connectivity index (χ2v) is 4.13. The third kappa shape index (κ3) is 2.30. The van der Waals surface area contributed by atoms with Gasteiger partial charge in [0, 0.05) is 12.4 Å². The summed E-state index contributed by atoms with van der Waals surface area (Å²) in [6.07, 6.45) is 2.98. The van der Waals surface area contributed by atoms with Gasteiger partial charge < -0.3 is 4.74 Å². The monoisotopic (exact) mass is 239 g/mol. The van der Waals surface area contributed by atoms with E-state index in [1.165, 1.54) is 12.4 Å². The lowest BCUT2D eigenvalue weighted by molar-refractivity contribution is 0.454. The molecule has 0 aliphatic heterocycles. The number of nitriles is 1. The van der Waals surface area contributed by atoms with Gasteiger partial charge in [-0.2, -0.15) is 5.26 Å². The van der Waals surface area contributed by atoms with Crippen LogP contribution in [0.5, 0.6) is 11.6 Å². The maximum Gasteiger partial charge on any atom is 0.256 e. The molecule has 0 radical (unpaired) electrons. The lowest BCUT2D eigenvalue weighted by Gasteiger charge is -2.11. The Bertz CT molecular complexity index is 629. The Balaban J connectivity index is 2.44. The van der Waals surface area contributed by atoms with Crippen LogP contribution in [0.15, 0.2) is 24.5 Å². The molecule has 2 rings (SSSR count). The largest absolute Gasteiger partial charge is 0.436 e. The van der Waals surface area contributed by atoms with Gasteiger partial charge in [-0.15, -0.1) is 0 Å². The maximum absolute atomic E-state index is 8.94. The van der Waals surface area contributed by atoms with Crippen LogP contribution in [-0.2, 0) is 0 Å². The van der Waals surface area contributed by atoms with E-state index in [1.807, 2.05) is 32.9 Å². The summed E-state index contributed by atoms with van der Waals surface area (Å²) in [5, 5.41) is 8.94. The summed E-state index contributed by atoms with van der Waals surface area (Å²) < 4.78 is 5.70. The van der Waals surface area contributed by atoms with Gasteiger partial charge in [-0.05, 0) is 43.5 Å². The first-order chi connectivity index (χ1) is 8.61. The fourth-order valence-electron chi connectivity index (χ4n) is 1.69. The third-order valence-electron chi connectivity index (χ3n) is 2.74. The predicted octanol–water partition coefficient (Wildman–Crippen LogP) is 3.07. The van der Waals surface area contributed by atoms with Crippen LogP contribution in [-0.4, -0.2) is 9.97 Å². The second kappa shape index (κ2) is 4.84. The first kappa shape index (κ1) is 12.1. The minimum atomic E-state index is 0.191. The summed E-state index contributed by atoms with van der Waals surface area (Å²) in [5.74, 6) is 0.956. The molecule has 90 valence electrons. The first-order valence-electron chi connectivity index (χ1n) is 5.58. The van der Waals surface area contributed by atoms with Gasteiger partial charge in [-0.3, -0.25) is 0 Å². The first-order valence-corrected chi connectivity index (χ1v) is 5.58. The zero-order valence-electron chi connectivity index (χ0n) is 10.6. The molecule has 2 aromatic rings. The molecule has 0 atom stereocenters. The van der Waals surface area contributed by atoms with Crippen molar-refractivity contribution in [2.45, 2.75) is 20.8 Å². The molecule has 0 aliphatic rings. The predicted molar refractivity (Wildman–Crippen MR) is 67.5 cm³/mol. The van der Waals surface area contributed by atoms with Crippen LogP contribution in [0.2, 0.25) is 0 Å². The van der Waals surface area contributed by atoms with E-state index in [-0.39, 0.29) is 11.6 Å². The van der Waals surface area contributed by atoms with Gasteiger partial charge in [-0.25, -0.2) is 9.97 Å². The molecule has 0 bridgehead atoms. The maximum atomic E-state index is 8.94. The van der Waals surface area contributed by atoms with Gasteiger partial charge in [0.2, 0.25) is 5.69 Å². The Morgan fingerprint density at radius 3 is 2.56 bits per heavy atom. The molecule has 1 heterocycles. The summed E-state index contributed by atoms with van der Waals surface area (Å²) in [7, 11) is 0. The smallest absolute Gasteiger partial charge is 0.256 e. The van der Waals surface area contributed by atoms with Crippen LogP contribution in [0.1, 0.15) is 22.4 Å². The number of rotatable bonds is 2. The number of ether oxygens (including phenoxy) is 1. The Morgan fingerprint density at radius 2 is 1.83 bits per heavy atom. The minimum absolute atomic E-state index is 0.191. The third-order valence-corrected chi connectivity index (χ3v) is 2.74. The number of hydrogen-bond donors (Lipinski definition) is 0. The normalized spacial score (nSPS) is 9.89. The van der Waals surface area contributed by atoms with E-state index in [9.17, 15) is 0 Å². The molecule has 4 heteroatoms. The molecule has 1 aromatic heterocycles. The molecule has 0 saturated carbocycles.